The van der Waals surface area contributed by atoms with Crippen LogP contribution in [0.2, 0.25) is 0 Å². The molecule has 0 aromatic carbocycles. The molecule has 0 bridgehead atoms. The van der Waals surface area contributed by atoms with Gasteiger partial charge in [-0.3, -0.25) is 9.69 Å². The first-order chi connectivity index (χ1) is 9.24. The summed E-state index contributed by atoms with van der Waals surface area (Å²) in [6, 6.07) is 2.20. The molecule has 1 amide bonds. The van der Waals surface area contributed by atoms with Gasteiger partial charge in [0, 0.05) is 51.4 Å². The molecule has 3 heterocycles. The maximum atomic E-state index is 12.2. The van der Waals surface area contributed by atoms with E-state index in [1.165, 1.54) is 0 Å². The topological polar surface area (TPSA) is 61.6 Å². The smallest absolute Gasteiger partial charge is 0.292 e. The van der Waals surface area contributed by atoms with Gasteiger partial charge < -0.3 is 14.7 Å². The molecule has 3 rings (SSSR count). The van der Waals surface area contributed by atoms with E-state index in [1.54, 1.807) is 6.07 Å². The number of amides is 1. The number of carbonyl (C=O) groups excluding carboxylic acids is 1. The highest BCUT2D eigenvalue weighted by Gasteiger charge is 2.32. The van der Waals surface area contributed by atoms with E-state index in [-0.39, 0.29) is 18.3 Å². The van der Waals surface area contributed by atoms with E-state index >= 15 is 0 Å². The van der Waals surface area contributed by atoms with Gasteiger partial charge in [0.25, 0.3) is 5.91 Å². The van der Waals surface area contributed by atoms with Crippen LogP contribution < -0.4 is 5.32 Å². The Labute approximate surface area is 124 Å². The summed E-state index contributed by atoms with van der Waals surface area (Å²) in [5.74, 6) is 0.330. The average molecular weight is 301 g/mol. The molecule has 0 saturated carbocycles. The van der Waals surface area contributed by atoms with Gasteiger partial charge in [-0.1, -0.05) is 5.16 Å². The van der Waals surface area contributed by atoms with Crippen LogP contribution in [0.1, 0.15) is 22.7 Å². The third-order valence-corrected chi connectivity index (χ3v) is 3.96. The van der Waals surface area contributed by atoms with Crippen molar-refractivity contribution in [1.29, 1.82) is 0 Å². The van der Waals surface area contributed by atoms with E-state index in [0.29, 0.717) is 11.8 Å². The quantitative estimate of drug-likeness (QED) is 0.863. The maximum absolute atomic E-state index is 12.2. The fourth-order valence-electron chi connectivity index (χ4n) is 2.89. The van der Waals surface area contributed by atoms with Gasteiger partial charge in [0.15, 0.2) is 0 Å². The van der Waals surface area contributed by atoms with E-state index in [1.807, 2.05) is 11.8 Å². The predicted octanol–water partition coefficient (Wildman–Crippen LogP) is 0.525. The molecule has 1 N–H and O–H groups in total. The Morgan fingerprint density at radius 2 is 2.15 bits per heavy atom. The number of halogens is 1. The van der Waals surface area contributed by atoms with Gasteiger partial charge >= 0.3 is 0 Å². The van der Waals surface area contributed by atoms with Gasteiger partial charge in [0.2, 0.25) is 5.76 Å². The number of rotatable bonds is 2. The van der Waals surface area contributed by atoms with Crippen molar-refractivity contribution in [3.63, 3.8) is 0 Å². The van der Waals surface area contributed by atoms with Crippen LogP contribution in [0.25, 0.3) is 0 Å². The van der Waals surface area contributed by atoms with Crippen LogP contribution >= 0.6 is 12.4 Å². The molecular weight excluding hydrogens is 280 g/mol. The second kappa shape index (κ2) is 6.56. The fraction of sp³-hybridized carbons (Fsp3) is 0.692. The molecule has 6 nitrogen and oxygen atoms in total. The molecule has 1 aromatic heterocycles. The molecule has 0 aliphatic carbocycles. The first-order valence-electron chi connectivity index (χ1n) is 6.91. The number of aromatic nitrogens is 1. The van der Waals surface area contributed by atoms with Crippen LogP contribution in [0.4, 0.5) is 0 Å². The average Bonchev–Trinajstić information content (AvgIpc) is 3.08. The van der Waals surface area contributed by atoms with Crippen molar-refractivity contribution in [2.75, 3.05) is 39.3 Å². The molecule has 1 aromatic rings. The molecule has 2 saturated heterocycles. The van der Waals surface area contributed by atoms with Crippen LogP contribution in [0.3, 0.4) is 0 Å². The Morgan fingerprint density at radius 3 is 2.80 bits per heavy atom. The number of hydrogen-bond acceptors (Lipinski definition) is 5. The zero-order chi connectivity index (χ0) is 13.2. The first kappa shape index (κ1) is 15.3. The number of nitrogens with one attached hydrogen (secondary N) is 1. The standard InChI is InChI=1S/C13H20N4O2.ClH/c1-10-8-12(19-15-10)13(18)17-5-2-11(9-17)16-6-3-14-4-7-16;/h8,11,14H,2-7,9H2,1H3;1H. The van der Waals surface area contributed by atoms with E-state index in [2.05, 4.69) is 15.4 Å². The lowest BCUT2D eigenvalue weighted by Gasteiger charge is -2.32. The zero-order valence-electron chi connectivity index (χ0n) is 11.7. The van der Waals surface area contributed by atoms with Crippen molar-refractivity contribution in [2.24, 2.45) is 0 Å². The summed E-state index contributed by atoms with van der Waals surface area (Å²) in [5.41, 5.74) is 0.751. The molecule has 0 radical (unpaired) electrons. The van der Waals surface area contributed by atoms with Gasteiger partial charge in [-0.05, 0) is 13.3 Å². The largest absolute Gasteiger partial charge is 0.351 e. The Kier molecular flexibility index (Phi) is 5.01. The molecule has 1 unspecified atom stereocenters. The van der Waals surface area contributed by atoms with Crippen LogP contribution in [0, 0.1) is 6.92 Å². The second-order valence-electron chi connectivity index (χ2n) is 5.31. The molecule has 1 atom stereocenters. The number of piperazine rings is 1. The minimum atomic E-state index is -0.0294. The number of likely N-dealkylation sites (tertiary alicyclic amines) is 1. The predicted molar refractivity (Wildman–Crippen MR) is 77.2 cm³/mol. The summed E-state index contributed by atoms with van der Waals surface area (Å²) in [4.78, 5) is 16.6. The second-order valence-corrected chi connectivity index (χ2v) is 5.31. The molecule has 112 valence electrons. The van der Waals surface area contributed by atoms with Crippen LogP contribution in [0.15, 0.2) is 10.6 Å². The molecule has 0 spiro atoms. The van der Waals surface area contributed by atoms with E-state index < -0.39 is 0 Å². The summed E-state index contributed by atoms with van der Waals surface area (Å²) in [7, 11) is 0. The van der Waals surface area contributed by atoms with E-state index in [4.69, 9.17) is 4.52 Å². The Balaban J connectivity index is 0.00000147. The van der Waals surface area contributed by atoms with Crippen molar-refractivity contribution < 1.29 is 9.32 Å². The van der Waals surface area contributed by atoms with Gasteiger partial charge in [-0.15, -0.1) is 12.4 Å². The highest BCUT2D eigenvalue weighted by molar-refractivity contribution is 5.91. The summed E-state index contributed by atoms with van der Waals surface area (Å²) < 4.78 is 5.05. The third-order valence-electron chi connectivity index (χ3n) is 3.96. The lowest BCUT2D eigenvalue weighted by atomic mass is 10.2. The molecular formula is C13H21ClN4O2. The Morgan fingerprint density at radius 1 is 1.40 bits per heavy atom. The van der Waals surface area contributed by atoms with Crippen molar-refractivity contribution in [3.05, 3.63) is 17.5 Å². The minimum absolute atomic E-state index is 0. The molecule has 2 aliphatic rings. The summed E-state index contributed by atoms with van der Waals surface area (Å²) in [6.45, 7) is 7.69. The highest BCUT2D eigenvalue weighted by atomic mass is 35.5. The summed E-state index contributed by atoms with van der Waals surface area (Å²) in [6.07, 6.45) is 1.05. The van der Waals surface area contributed by atoms with E-state index in [0.717, 1.165) is 51.4 Å². The van der Waals surface area contributed by atoms with Gasteiger partial charge in [-0.2, -0.15) is 0 Å². The van der Waals surface area contributed by atoms with Crippen LogP contribution in [-0.2, 0) is 0 Å². The van der Waals surface area contributed by atoms with Crippen molar-refractivity contribution in [1.82, 2.24) is 20.3 Å². The minimum Gasteiger partial charge on any atom is -0.351 e. The van der Waals surface area contributed by atoms with Gasteiger partial charge in [-0.25, -0.2) is 0 Å². The first-order valence-corrected chi connectivity index (χ1v) is 6.91. The third kappa shape index (κ3) is 3.13. The number of aryl methyl sites for hydroxylation is 1. The van der Waals surface area contributed by atoms with Crippen molar-refractivity contribution >= 4 is 18.3 Å². The molecule has 20 heavy (non-hydrogen) atoms. The highest BCUT2D eigenvalue weighted by Crippen LogP contribution is 2.18. The lowest BCUT2D eigenvalue weighted by Crippen LogP contribution is -2.49. The summed E-state index contributed by atoms with van der Waals surface area (Å²) in [5, 5.41) is 7.13. The monoisotopic (exact) mass is 300 g/mol. The Bertz CT molecular complexity index is 459. The zero-order valence-corrected chi connectivity index (χ0v) is 12.5. The summed E-state index contributed by atoms with van der Waals surface area (Å²) >= 11 is 0. The SMILES string of the molecule is Cc1cc(C(=O)N2CCC(N3CCNCC3)C2)on1.Cl. The fourth-order valence-corrected chi connectivity index (χ4v) is 2.89. The maximum Gasteiger partial charge on any atom is 0.292 e. The molecule has 7 heteroatoms. The van der Waals surface area contributed by atoms with Gasteiger partial charge in [0.05, 0.1) is 5.69 Å². The van der Waals surface area contributed by atoms with E-state index in [9.17, 15) is 4.79 Å². The number of nitrogens with zero attached hydrogens (tertiary/aromatic N) is 3. The normalized spacial score (nSPS) is 23.6. The lowest BCUT2D eigenvalue weighted by molar-refractivity contribution is 0.0732. The number of hydrogen-bond donors (Lipinski definition) is 1. The Hall–Kier alpha value is -1.11. The van der Waals surface area contributed by atoms with Gasteiger partial charge in [0.1, 0.15) is 0 Å². The molecule has 2 fully saturated rings. The van der Waals surface area contributed by atoms with Crippen molar-refractivity contribution in [3.8, 4) is 0 Å². The van der Waals surface area contributed by atoms with Crippen LogP contribution in [0.5, 0.6) is 0 Å². The van der Waals surface area contributed by atoms with Crippen LogP contribution in [-0.4, -0.2) is 66.2 Å². The molecule has 2 aliphatic heterocycles. The number of carbonyl (C=O) groups is 1. The van der Waals surface area contributed by atoms with Crippen molar-refractivity contribution in [2.45, 2.75) is 19.4 Å².